The van der Waals surface area contributed by atoms with Crippen LogP contribution in [-0.2, 0) is 49.2 Å². The lowest BCUT2D eigenvalue weighted by atomic mass is 9.79. The number of carboxylic acids is 2. The third kappa shape index (κ3) is 14.9. The van der Waals surface area contributed by atoms with Crippen molar-refractivity contribution >= 4 is 114 Å². The predicted octanol–water partition coefficient (Wildman–Crippen LogP) is 4.05. The molecule has 13 N–H and O–H groups in total. The number of nitrogens with two attached hydrogens (primary N) is 3. The molecular formula is C59H70N11O10S2+. The van der Waals surface area contributed by atoms with Gasteiger partial charge in [0.15, 0.2) is 18.2 Å². The van der Waals surface area contributed by atoms with E-state index in [-0.39, 0.29) is 56.2 Å². The summed E-state index contributed by atoms with van der Waals surface area (Å²) in [6, 6.07) is 19.1. The molecule has 0 aliphatic carbocycles. The highest BCUT2D eigenvalue weighted by Gasteiger charge is 2.46. The quantitative estimate of drug-likeness (QED) is 0.0168. The van der Waals surface area contributed by atoms with Gasteiger partial charge in [0, 0.05) is 65.5 Å². The molecule has 0 unspecified atom stereocenters. The van der Waals surface area contributed by atoms with Gasteiger partial charge in [0.1, 0.15) is 30.6 Å². The number of amides is 6. The van der Waals surface area contributed by atoms with Gasteiger partial charge in [-0.15, -0.1) is 0 Å². The SMILES string of the molecule is CC1(C)C(/C=C/C=C/C=C/C=C2/N(CCC(=O)N[C@H]3CSSC[C@@H](C(N)=O)NC(=O)[C@H](CC(=O)O)NC(=O)CNC(=O)[C@H](CCCN=C(N)N)NC3=O)c3ccc4ccccc4c3C2(C)C)=[N+](CCC(=O)O)c2ccc3ccccc3c21. The predicted molar refractivity (Wildman–Crippen MR) is 320 cm³/mol. The van der Waals surface area contributed by atoms with E-state index in [0.717, 1.165) is 77.0 Å². The number of nitrogens with zero attached hydrogens (tertiary/aromatic N) is 3. The first-order chi connectivity index (χ1) is 39.1. The molecule has 3 heterocycles. The average molecular weight is 1160 g/mol. The maximum atomic E-state index is 14.2. The number of benzene rings is 4. The third-order valence-electron chi connectivity index (χ3n) is 14.5. The number of guanidine groups is 1. The molecule has 0 saturated carbocycles. The van der Waals surface area contributed by atoms with E-state index in [1.807, 2.05) is 78.9 Å². The molecule has 4 atom stereocenters. The summed E-state index contributed by atoms with van der Waals surface area (Å²) >= 11 is 0. The zero-order valence-electron chi connectivity index (χ0n) is 46.1. The third-order valence-corrected chi connectivity index (χ3v) is 16.9. The average Bonchev–Trinajstić information content (AvgIpc) is 4.05. The van der Waals surface area contributed by atoms with Gasteiger partial charge in [-0.1, -0.05) is 120 Å². The standard InChI is InChI=1S/C59H69N11O10S2/c1-58(2)45(20-8-6-5-7-9-21-46-59(3,4)52-38-18-13-11-16-36(38)23-25-44(52)70(46)30-27-49(73)74)69(43-24-22-35-15-10-12-17-37(35)51(43)58)29-26-47(71)66-42-34-82-81-33-41(53(60)77)68-55(79)40(31-50(75)76)65-48(72)32-64-54(78)39(67-56(42)80)19-14-28-63-57(61)62/h5-13,15-18,20-25,39-42H,14,19,26-34H2,1-4H3,(H12-,60,61,62,63,64,65,66,67,68,71,72,73,74,75,76,77,78,79,80)/p+1/t39-,40-,41-,42-/m0/s1. The van der Waals surface area contributed by atoms with E-state index in [1.54, 1.807) is 0 Å². The molecule has 6 amide bonds. The summed E-state index contributed by atoms with van der Waals surface area (Å²) in [6.45, 7) is 8.48. The summed E-state index contributed by atoms with van der Waals surface area (Å²) in [4.78, 5) is 110. The molecule has 3 aliphatic heterocycles. The minimum atomic E-state index is -1.63. The number of carboxylic acid groups (broad SMARTS) is 2. The number of primary amides is 1. The molecule has 0 aromatic heterocycles. The molecule has 0 spiro atoms. The number of rotatable bonds is 18. The van der Waals surface area contributed by atoms with Gasteiger partial charge in [-0.2, -0.15) is 4.58 Å². The van der Waals surface area contributed by atoms with Crippen LogP contribution in [0.25, 0.3) is 21.5 Å². The number of hydrogen-bond acceptors (Lipinski definition) is 12. The van der Waals surface area contributed by atoms with Crippen LogP contribution in [0.15, 0.2) is 126 Å². The number of aliphatic imine (C=N–C) groups is 1. The van der Waals surface area contributed by atoms with Crippen molar-refractivity contribution in [2.75, 3.05) is 42.6 Å². The normalized spacial score (nSPS) is 21.0. The summed E-state index contributed by atoms with van der Waals surface area (Å²) in [5, 5.41) is 36.1. The molecule has 0 bridgehead atoms. The minimum Gasteiger partial charge on any atom is -0.481 e. The van der Waals surface area contributed by atoms with Crippen molar-refractivity contribution in [2.45, 2.75) is 94.8 Å². The second kappa shape index (κ2) is 27.3. The van der Waals surface area contributed by atoms with Gasteiger partial charge in [0.25, 0.3) is 0 Å². The molecule has 4 aromatic rings. The molecule has 21 nitrogen and oxygen atoms in total. The van der Waals surface area contributed by atoms with Crippen molar-refractivity contribution in [2.24, 2.45) is 22.2 Å². The van der Waals surface area contributed by atoms with Crippen molar-refractivity contribution < 1.29 is 53.1 Å². The van der Waals surface area contributed by atoms with E-state index >= 15 is 0 Å². The molecule has 432 valence electrons. The molecule has 1 saturated heterocycles. The lowest BCUT2D eigenvalue weighted by Crippen LogP contribution is -2.56. The van der Waals surface area contributed by atoms with E-state index in [2.05, 4.69) is 105 Å². The molecule has 82 heavy (non-hydrogen) atoms. The largest absolute Gasteiger partial charge is 0.481 e. The van der Waals surface area contributed by atoms with Gasteiger partial charge in [0.2, 0.25) is 41.1 Å². The zero-order valence-corrected chi connectivity index (χ0v) is 47.7. The highest BCUT2D eigenvalue weighted by Crippen LogP contribution is 2.51. The van der Waals surface area contributed by atoms with E-state index in [0.29, 0.717) is 6.54 Å². The molecule has 3 aliphatic rings. The Balaban J connectivity index is 1.12. The summed E-state index contributed by atoms with van der Waals surface area (Å²) in [5.74, 6) is -7.60. The van der Waals surface area contributed by atoms with Crippen LogP contribution in [0, 0.1) is 0 Å². The summed E-state index contributed by atoms with van der Waals surface area (Å²) in [5.41, 5.74) is 21.7. The van der Waals surface area contributed by atoms with E-state index in [1.165, 1.54) is 0 Å². The number of carbonyl (C=O) groups is 8. The number of aliphatic carboxylic acids is 2. The van der Waals surface area contributed by atoms with Crippen LogP contribution in [0.1, 0.15) is 70.9 Å². The van der Waals surface area contributed by atoms with Gasteiger partial charge >= 0.3 is 11.9 Å². The van der Waals surface area contributed by atoms with E-state index in [4.69, 9.17) is 17.2 Å². The smallest absolute Gasteiger partial charge is 0.309 e. The van der Waals surface area contributed by atoms with Gasteiger partial charge in [-0.25, -0.2) is 0 Å². The van der Waals surface area contributed by atoms with Crippen molar-refractivity contribution in [3.05, 3.63) is 132 Å². The fourth-order valence-corrected chi connectivity index (χ4v) is 12.9. The fraction of sp³-hybridized carbons (Fsp3) is 0.356. The maximum absolute atomic E-state index is 14.2. The monoisotopic (exact) mass is 1160 g/mol. The Kier molecular flexibility index (Phi) is 20.4. The lowest BCUT2D eigenvalue weighted by Gasteiger charge is -2.27. The number of hydrogen-bond donors (Lipinski definition) is 10. The van der Waals surface area contributed by atoms with Crippen LogP contribution in [0.4, 0.5) is 11.4 Å². The molecule has 7 rings (SSSR count). The number of fused-ring (bicyclic) bond motifs is 6. The number of anilines is 1. The van der Waals surface area contributed by atoms with Crippen molar-refractivity contribution in [1.29, 1.82) is 0 Å². The highest BCUT2D eigenvalue weighted by atomic mass is 33.1. The summed E-state index contributed by atoms with van der Waals surface area (Å²) < 4.78 is 2.10. The van der Waals surface area contributed by atoms with Crippen LogP contribution in [0.3, 0.4) is 0 Å². The zero-order chi connectivity index (χ0) is 59.3. The second-order valence-electron chi connectivity index (χ2n) is 21.0. The van der Waals surface area contributed by atoms with Crippen molar-refractivity contribution in [3.8, 4) is 0 Å². The first kappa shape index (κ1) is 61.2. The number of carbonyl (C=O) groups excluding carboxylic acids is 6. The van der Waals surface area contributed by atoms with E-state index in [9.17, 15) is 48.6 Å². The Labute approximate surface area is 482 Å². The Morgan fingerprint density at radius 1 is 0.744 bits per heavy atom. The molecule has 23 heteroatoms. The van der Waals surface area contributed by atoms with Gasteiger partial charge < -0.3 is 58.9 Å². The minimum absolute atomic E-state index is 0.00235. The second-order valence-corrected chi connectivity index (χ2v) is 23.5. The summed E-state index contributed by atoms with van der Waals surface area (Å²) in [7, 11) is 2.12. The van der Waals surface area contributed by atoms with Crippen LogP contribution >= 0.6 is 21.6 Å². The summed E-state index contributed by atoms with van der Waals surface area (Å²) in [6.07, 6.45) is 13.0. The Morgan fingerprint density at radius 2 is 1.40 bits per heavy atom. The van der Waals surface area contributed by atoms with Crippen LogP contribution in [0.5, 0.6) is 0 Å². The Hall–Kier alpha value is -8.44. The molecule has 1 fully saturated rings. The Bertz CT molecular complexity index is 3350. The lowest BCUT2D eigenvalue weighted by molar-refractivity contribution is -0.436. The van der Waals surface area contributed by atoms with Gasteiger partial charge in [0.05, 0.1) is 18.4 Å². The first-order valence-corrected chi connectivity index (χ1v) is 29.3. The Morgan fingerprint density at radius 3 is 2.09 bits per heavy atom. The number of allylic oxidation sites excluding steroid dienone is 8. The highest BCUT2D eigenvalue weighted by molar-refractivity contribution is 8.76. The topological polar surface area (TPSA) is 334 Å². The molecule has 4 aromatic carbocycles. The van der Waals surface area contributed by atoms with Gasteiger partial charge in [-0.3, -0.25) is 43.3 Å². The van der Waals surface area contributed by atoms with Crippen LogP contribution < -0.4 is 48.7 Å². The molecular weight excluding hydrogens is 1090 g/mol. The van der Waals surface area contributed by atoms with Crippen LogP contribution in [0.2, 0.25) is 0 Å². The van der Waals surface area contributed by atoms with Crippen molar-refractivity contribution in [1.82, 2.24) is 26.6 Å². The van der Waals surface area contributed by atoms with Crippen LogP contribution in [-0.4, -0.2) is 136 Å². The van der Waals surface area contributed by atoms with Crippen molar-refractivity contribution in [3.63, 3.8) is 0 Å². The van der Waals surface area contributed by atoms with E-state index < -0.39 is 95.3 Å². The molecule has 0 radical (unpaired) electrons. The fourth-order valence-electron chi connectivity index (χ4n) is 10.6. The first-order valence-electron chi connectivity index (χ1n) is 26.8. The van der Waals surface area contributed by atoms with Gasteiger partial charge in [-0.05, 0) is 72.0 Å². The number of nitrogens with one attached hydrogen (secondary N) is 5. The maximum Gasteiger partial charge on any atom is 0.309 e.